The van der Waals surface area contributed by atoms with E-state index in [4.69, 9.17) is 9.84 Å². The Balaban J connectivity index is 0.000000656. The van der Waals surface area contributed by atoms with E-state index in [-0.39, 0.29) is 18.7 Å². The zero-order valence-electron chi connectivity index (χ0n) is 17.2. The van der Waals surface area contributed by atoms with Gasteiger partial charge in [-0.2, -0.15) is 0 Å². The standard InChI is InChI=1S/C19H22N2O3.C4H6O2/c1-14(2)19(23)24-13-18(22)12-20-15-8-10-17(11-9-15)21-16-6-4-3-5-7-16;1-3(2)4(5)6/h3-11,18,20-22H,1,12-13H2,2H3;1H2,2H3,(H,5,6). The van der Waals surface area contributed by atoms with E-state index < -0.39 is 18.0 Å². The Morgan fingerprint density at radius 1 is 0.933 bits per heavy atom. The van der Waals surface area contributed by atoms with Gasteiger partial charge < -0.3 is 25.6 Å². The molecule has 0 saturated carbocycles. The minimum absolute atomic E-state index is 0.0632. The van der Waals surface area contributed by atoms with Gasteiger partial charge in [-0.3, -0.25) is 0 Å². The number of carboxylic acids is 1. The number of aliphatic hydroxyl groups is 1. The molecule has 2 aromatic rings. The van der Waals surface area contributed by atoms with E-state index in [1.807, 2.05) is 54.6 Å². The van der Waals surface area contributed by atoms with Gasteiger partial charge in [-0.25, -0.2) is 9.59 Å². The lowest BCUT2D eigenvalue weighted by molar-refractivity contribution is -0.141. The number of aliphatic hydroxyl groups excluding tert-OH is 1. The van der Waals surface area contributed by atoms with Gasteiger partial charge in [0.2, 0.25) is 0 Å². The highest BCUT2D eigenvalue weighted by Crippen LogP contribution is 2.18. The van der Waals surface area contributed by atoms with Crippen LogP contribution in [0.5, 0.6) is 0 Å². The number of aliphatic carboxylic acids is 1. The van der Waals surface area contributed by atoms with Crippen molar-refractivity contribution in [2.24, 2.45) is 0 Å². The number of anilines is 3. The van der Waals surface area contributed by atoms with Crippen LogP contribution >= 0.6 is 0 Å². The lowest BCUT2D eigenvalue weighted by atomic mass is 10.2. The summed E-state index contributed by atoms with van der Waals surface area (Å²) in [5.74, 6) is -1.43. The second-order valence-corrected chi connectivity index (χ2v) is 6.57. The van der Waals surface area contributed by atoms with Crippen molar-refractivity contribution in [1.82, 2.24) is 0 Å². The van der Waals surface area contributed by atoms with E-state index >= 15 is 0 Å². The molecule has 0 aliphatic heterocycles. The van der Waals surface area contributed by atoms with Gasteiger partial charge in [0.15, 0.2) is 0 Å². The maximum absolute atomic E-state index is 11.2. The van der Waals surface area contributed by atoms with Gasteiger partial charge in [0.25, 0.3) is 0 Å². The van der Waals surface area contributed by atoms with Crippen molar-refractivity contribution in [3.63, 3.8) is 0 Å². The molecule has 0 fully saturated rings. The number of nitrogens with one attached hydrogen (secondary N) is 2. The first-order valence-corrected chi connectivity index (χ1v) is 9.24. The van der Waals surface area contributed by atoms with Gasteiger partial charge in [-0.1, -0.05) is 31.4 Å². The summed E-state index contributed by atoms with van der Waals surface area (Å²) in [6.45, 7) is 9.88. The largest absolute Gasteiger partial charge is 0.478 e. The summed E-state index contributed by atoms with van der Waals surface area (Å²) in [4.78, 5) is 20.8. The van der Waals surface area contributed by atoms with E-state index in [9.17, 15) is 14.7 Å². The van der Waals surface area contributed by atoms with E-state index in [2.05, 4.69) is 23.8 Å². The van der Waals surface area contributed by atoms with E-state index in [1.165, 1.54) is 6.92 Å². The molecule has 0 spiro atoms. The van der Waals surface area contributed by atoms with Gasteiger partial charge in [-0.15, -0.1) is 0 Å². The number of carbonyl (C=O) groups is 2. The molecule has 0 aliphatic rings. The minimum atomic E-state index is -0.935. The molecular weight excluding hydrogens is 384 g/mol. The van der Waals surface area contributed by atoms with E-state index in [0.29, 0.717) is 5.57 Å². The molecule has 0 aliphatic carbocycles. The average Bonchev–Trinajstić information content (AvgIpc) is 2.72. The van der Waals surface area contributed by atoms with Crippen molar-refractivity contribution < 1.29 is 24.5 Å². The highest BCUT2D eigenvalue weighted by molar-refractivity contribution is 5.87. The number of esters is 1. The predicted molar refractivity (Wildman–Crippen MR) is 119 cm³/mol. The van der Waals surface area contributed by atoms with Crippen LogP contribution in [0.4, 0.5) is 17.1 Å². The van der Waals surface area contributed by atoms with Crippen molar-refractivity contribution in [1.29, 1.82) is 0 Å². The number of carboxylic acid groups (broad SMARTS) is 1. The van der Waals surface area contributed by atoms with Crippen molar-refractivity contribution in [3.05, 3.63) is 78.9 Å². The highest BCUT2D eigenvalue weighted by Gasteiger charge is 2.09. The average molecular weight is 412 g/mol. The third-order valence-electron chi connectivity index (χ3n) is 3.61. The maximum Gasteiger partial charge on any atom is 0.333 e. The molecule has 0 radical (unpaired) electrons. The Morgan fingerprint density at radius 3 is 1.93 bits per heavy atom. The molecule has 2 rings (SSSR count). The number of ether oxygens (including phenoxy) is 1. The molecule has 7 heteroatoms. The second kappa shape index (κ2) is 12.8. The van der Waals surface area contributed by atoms with Crippen molar-refractivity contribution in [3.8, 4) is 0 Å². The van der Waals surface area contributed by atoms with Gasteiger partial charge >= 0.3 is 11.9 Å². The molecule has 0 amide bonds. The van der Waals surface area contributed by atoms with Crippen LogP contribution in [0, 0.1) is 0 Å². The third-order valence-corrected chi connectivity index (χ3v) is 3.61. The first kappa shape index (κ1) is 24.5. The molecule has 0 saturated heterocycles. The summed E-state index contributed by atoms with van der Waals surface area (Å²) in [5, 5.41) is 24.1. The van der Waals surface area contributed by atoms with Crippen molar-refractivity contribution in [2.75, 3.05) is 23.8 Å². The van der Waals surface area contributed by atoms with Crippen molar-refractivity contribution >= 4 is 29.0 Å². The van der Waals surface area contributed by atoms with Crippen LogP contribution in [-0.4, -0.2) is 41.4 Å². The number of hydrogen-bond acceptors (Lipinski definition) is 6. The number of para-hydroxylation sites is 1. The first-order valence-electron chi connectivity index (χ1n) is 9.24. The van der Waals surface area contributed by atoms with Gasteiger partial charge in [0.05, 0.1) is 0 Å². The lowest BCUT2D eigenvalue weighted by Crippen LogP contribution is -2.26. The maximum atomic E-state index is 11.2. The highest BCUT2D eigenvalue weighted by atomic mass is 16.5. The lowest BCUT2D eigenvalue weighted by Gasteiger charge is -2.14. The van der Waals surface area contributed by atoms with Crippen LogP contribution in [0.25, 0.3) is 0 Å². The molecule has 0 bridgehead atoms. The Bertz CT molecular complexity index is 836. The molecule has 30 heavy (non-hydrogen) atoms. The molecule has 0 heterocycles. The fourth-order valence-electron chi connectivity index (χ4n) is 1.95. The SMILES string of the molecule is C=C(C)C(=O)O.C=C(C)C(=O)OCC(O)CNc1ccc(Nc2ccccc2)cc1. The normalized spacial score (nSPS) is 10.6. The summed E-state index contributed by atoms with van der Waals surface area (Å²) in [5.41, 5.74) is 3.36. The Kier molecular flexibility index (Phi) is 10.4. The third kappa shape index (κ3) is 10.1. The molecular formula is C23H28N2O5. The minimum Gasteiger partial charge on any atom is -0.478 e. The van der Waals surface area contributed by atoms with Crippen LogP contribution in [0.15, 0.2) is 78.9 Å². The van der Waals surface area contributed by atoms with Crippen molar-refractivity contribution in [2.45, 2.75) is 20.0 Å². The molecule has 1 unspecified atom stereocenters. The molecule has 1 atom stereocenters. The van der Waals surface area contributed by atoms with Gasteiger partial charge in [0, 0.05) is 34.8 Å². The van der Waals surface area contributed by atoms with Gasteiger partial charge in [0.1, 0.15) is 12.7 Å². The topological polar surface area (TPSA) is 108 Å². The zero-order valence-corrected chi connectivity index (χ0v) is 17.2. The van der Waals surface area contributed by atoms with Gasteiger partial charge in [-0.05, 0) is 50.2 Å². The summed E-state index contributed by atoms with van der Waals surface area (Å²) in [7, 11) is 0. The first-order chi connectivity index (χ1) is 14.2. The molecule has 160 valence electrons. The summed E-state index contributed by atoms with van der Waals surface area (Å²) in [6.07, 6.45) is -0.782. The molecule has 7 nitrogen and oxygen atoms in total. The molecule has 0 aromatic heterocycles. The smallest absolute Gasteiger partial charge is 0.333 e. The zero-order chi connectivity index (χ0) is 22.5. The van der Waals surface area contributed by atoms with Crippen LogP contribution in [0.2, 0.25) is 0 Å². The molecule has 2 aromatic carbocycles. The summed E-state index contributed by atoms with van der Waals surface area (Å²) >= 11 is 0. The second-order valence-electron chi connectivity index (χ2n) is 6.57. The molecule has 4 N–H and O–H groups in total. The Hall–Kier alpha value is -3.58. The van der Waals surface area contributed by atoms with Crippen LogP contribution in [0.1, 0.15) is 13.8 Å². The Labute approximate surface area is 176 Å². The van der Waals surface area contributed by atoms with E-state index in [0.717, 1.165) is 17.1 Å². The quantitative estimate of drug-likeness (QED) is 0.365. The number of hydrogen-bond donors (Lipinski definition) is 4. The summed E-state index contributed by atoms with van der Waals surface area (Å²) < 4.78 is 4.90. The van der Waals surface area contributed by atoms with Crippen LogP contribution in [-0.2, 0) is 14.3 Å². The number of benzene rings is 2. The van der Waals surface area contributed by atoms with E-state index in [1.54, 1.807) is 6.92 Å². The number of rotatable bonds is 9. The monoisotopic (exact) mass is 412 g/mol. The fourth-order valence-corrected chi connectivity index (χ4v) is 1.95. The number of carbonyl (C=O) groups excluding carboxylic acids is 1. The van der Waals surface area contributed by atoms with Crippen LogP contribution in [0.3, 0.4) is 0 Å². The summed E-state index contributed by atoms with van der Waals surface area (Å²) in [6, 6.07) is 17.6. The van der Waals surface area contributed by atoms with Crippen LogP contribution < -0.4 is 10.6 Å². The fraction of sp³-hybridized carbons (Fsp3) is 0.217. The predicted octanol–water partition coefficient (Wildman–Crippen LogP) is 3.97. The Morgan fingerprint density at radius 2 is 1.43 bits per heavy atom.